The Labute approximate surface area is 172 Å². The Morgan fingerprint density at radius 1 is 1.12 bits per heavy atom. The van der Waals surface area contributed by atoms with Gasteiger partial charge < -0.3 is 9.72 Å². The summed E-state index contributed by atoms with van der Waals surface area (Å²) in [5.41, 5.74) is 2.03. The second kappa shape index (κ2) is 7.44. The van der Waals surface area contributed by atoms with Crippen molar-refractivity contribution in [3.05, 3.63) is 41.9 Å². The number of aromatic amines is 1. The Hall–Kier alpha value is -1.18. The number of ether oxygens (including phenoxy) is 1. The van der Waals surface area contributed by atoms with Gasteiger partial charge >= 0.3 is 0 Å². The van der Waals surface area contributed by atoms with E-state index in [0.29, 0.717) is 5.82 Å². The number of halogens is 2. The molecule has 1 aliphatic rings. The first-order chi connectivity index (χ1) is 12.6. The van der Waals surface area contributed by atoms with Gasteiger partial charge in [-0.2, -0.15) is 0 Å². The standard InChI is InChI=1S/C19H18Br2N2O2S/c1-25-16-12(20)8-10(9-13(16)21)17-22-18(24)15-11-6-4-2-3-5-7-14(11)26-19(15)23-17/h8-9H,2-7H2,1H3,(H,22,23,24). The van der Waals surface area contributed by atoms with Crippen LogP contribution in [0.25, 0.3) is 21.6 Å². The van der Waals surface area contributed by atoms with Gasteiger partial charge in [-0.3, -0.25) is 4.79 Å². The van der Waals surface area contributed by atoms with Crippen LogP contribution in [0, 0.1) is 0 Å². The lowest BCUT2D eigenvalue weighted by Gasteiger charge is -2.09. The van der Waals surface area contributed by atoms with Gasteiger partial charge in [-0.25, -0.2) is 4.98 Å². The molecule has 0 atom stereocenters. The van der Waals surface area contributed by atoms with Crippen LogP contribution < -0.4 is 10.3 Å². The molecule has 0 saturated carbocycles. The Morgan fingerprint density at radius 3 is 2.50 bits per heavy atom. The van der Waals surface area contributed by atoms with Crippen LogP contribution in [0.1, 0.15) is 36.1 Å². The minimum atomic E-state index is -0.0360. The number of nitrogens with zero attached hydrogens (tertiary/aromatic N) is 1. The fourth-order valence-electron chi connectivity index (χ4n) is 3.55. The highest BCUT2D eigenvalue weighted by atomic mass is 79.9. The van der Waals surface area contributed by atoms with E-state index in [4.69, 9.17) is 9.72 Å². The van der Waals surface area contributed by atoms with E-state index in [1.807, 2.05) is 12.1 Å². The zero-order valence-electron chi connectivity index (χ0n) is 14.3. The molecular formula is C19H18Br2N2O2S. The van der Waals surface area contributed by atoms with Gasteiger partial charge in [0.05, 0.1) is 21.4 Å². The molecule has 4 nitrogen and oxygen atoms in total. The molecule has 26 heavy (non-hydrogen) atoms. The number of aromatic nitrogens is 2. The maximum Gasteiger partial charge on any atom is 0.260 e. The van der Waals surface area contributed by atoms with Gasteiger partial charge in [-0.05, 0) is 75.2 Å². The topological polar surface area (TPSA) is 55.0 Å². The molecular weight excluding hydrogens is 480 g/mol. The van der Waals surface area contributed by atoms with Crippen molar-refractivity contribution in [2.75, 3.05) is 7.11 Å². The van der Waals surface area contributed by atoms with Crippen molar-refractivity contribution in [1.29, 1.82) is 0 Å². The van der Waals surface area contributed by atoms with Gasteiger partial charge in [0.2, 0.25) is 0 Å². The number of hydrogen-bond donors (Lipinski definition) is 1. The third-order valence-corrected chi connectivity index (χ3v) is 7.16. The predicted molar refractivity (Wildman–Crippen MR) is 114 cm³/mol. The summed E-state index contributed by atoms with van der Waals surface area (Å²) >= 11 is 8.71. The summed E-state index contributed by atoms with van der Waals surface area (Å²) in [6, 6.07) is 3.83. The molecule has 0 saturated heterocycles. The summed E-state index contributed by atoms with van der Waals surface area (Å²) < 4.78 is 6.98. The number of methoxy groups -OCH3 is 1. The van der Waals surface area contributed by atoms with Crippen LogP contribution in [0.5, 0.6) is 5.75 Å². The minimum absolute atomic E-state index is 0.0360. The molecule has 0 spiro atoms. The summed E-state index contributed by atoms with van der Waals surface area (Å²) in [5, 5.41) is 0.794. The summed E-state index contributed by atoms with van der Waals surface area (Å²) in [4.78, 5) is 22.8. The lowest BCUT2D eigenvalue weighted by Crippen LogP contribution is -2.10. The zero-order chi connectivity index (χ0) is 18.3. The molecule has 7 heteroatoms. The van der Waals surface area contributed by atoms with E-state index in [0.717, 1.165) is 49.7 Å². The average Bonchev–Trinajstić information content (AvgIpc) is 2.91. The fraction of sp³-hybridized carbons (Fsp3) is 0.368. The van der Waals surface area contributed by atoms with Crippen molar-refractivity contribution in [1.82, 2.24) is 9.97 Å². The van der Waals surface area contributed by atoms with Gasteiger partial charge in [0, 0.05) is 10.4 Å². The van der Waals surface area contributed by atoms with Crippen molar-refractivity contribution < 1.29 is 4.74 Å². The van der Waals surface area contributed by atoms with E-state index in [1.54, 1.807) is 18.4 Å². The predicted octanol–water partition coefficient (Wildman–Crippen LogP) is 5.84. The van der Waals surface area contributed by atoms with E-state index in [2.05, 4.69) is 36.8 Å². The Balaban J connectivity index is 1.87. The molecule has 1 aromatic carbocycles. The number of aryl methyl sites for hydroxylation is 2. The average molecular weight is 498 g/mol. The first kappa shape index (κ1) is 18.2. The molecule has 2 aromatic heterocycles. The monoisotopic (exact) mass is 496 g/mol. The largest absolute Gasteiger partial charge is 0.494 e. The second-order valence-electron chi connectivity index (χ2n) is 6.49. The molecule has 0 fully saturated rings. The Morgan fingerprint density at radius 2 is 1.81 bits per heavy atom. The highest BCUT2D eigenvalue weighted by Crippen LogP contribution is 2.38. The number of H-pyrrole nitrogens is 1. The molecule has 0 radical (unpaired) electrons. The van der Waals surface area contributed by atoms with Crippen molar-refractivity contribution in [2.24, 2.45) is 0 Å². The van der Waals surface area contributed by atoms with Crippen molar-refractivity contribution >= 4 is 53.4 Å². The second-order valence-corrected chi connectivity index (χ2v) is 9.28. The zero-order valence-corrected chi connectivity index (χ0v) is 18.3. The normalized spacial score (nSPS) is 14.7. The molecule has 4 rings (SSSR count). The van der Waals surface area contributed by atoms with Crippen LogP contribution in [0.2, 0.25) is 0 Å². The molecule has 1 N–H and O–H groups in total. The molecule has 0 amide bonds. The quantitative estimate of drug-likeness (QED) is 0.483. The van der Waals surface area contributed by atoms with Crippen LogP contribution in [0.15, 0.2) is 25.9 Å². The van der Waals surface area contributed by atoms with Gasteiger partial charge in [-0.1, -0.05) is 12.8 Å². The van der Waals surface area contributed by atoms with Gasteiger partial charge in [0.15, 0.2) is 0 Å². The van der Waals surface area contributed by atoms with Crippen molar-refractivity contribution in [2.45, 2.75) is 38.5 Å². The van der Waals surface area contributed by atoms with Crippen molar-refractivity contribution in [3.8, 4) is 17.1 Å². The van der Waals surface area contributed by atoms with Crippen LogP contribution in [0.3, 0.4) is 0 Å². The van der Waals surface area contributed by atoms with Crippen molar-refractivity contribution in [3.63, 3.8) is 0 Å². The van der Waals surface area contributed by atoms with Gasteiger partial charge in [0.1, 0.15) is 16.4 Å². The number of benzene rings is 1. The van der Waals surface area contributed by atoms with Gasteiger partial charge in [0.25, 0.3) is 5.56 Å². The highest BCUT2D eigenvalue weighted by Gasteiger charge is 2.19. The van der Waals surface area contributed by atoms with Crippen LogP contribution in [-0.4, -0.2) is 17.1 Å². The number of rotatable bonds is 2. The summed E-state index contributed by atoms with van der Waals surface area (Å²) in [5.74, 6) is 1.30. The smallest absolute Gasteiger partial charge is 0.260 e. The molecule has 0 bridgehead atoms. The minimum Gasteiger partial charge on any atom is -0.494 e. The van der Waals surface area contributed by atoms with E-state index in [9.17, 15) is 4.79 Å². The molecule has 0 aliphatic heterocycles. The molecule has 1 aliphatic carbocycles. The third-order valence-electron chi connectivity index (χ3n) is 4.80. The van der Waals surface area contributed by atoms with Gasteiger partial charge in [-0.15, -0.1) is 11.3 Å². The molecule has 3 aromatic rings. The first-order valence-electron chi connectivity index (χ1n) is 8.66. The Kier molecular flexibility index (Phi) is 5.21. The molecule has 2 heterocycles. The van der Waals surface area contributed by atoms with E-state index in [-0.39, 0.29) is 5.56 Å². The maximum absolute atomic E-state index is 12.9. The lowest BCUT2D eigenvalue weighted by atomic mass is 9.98. The highest BCUT2D eigenvalue weighted by molar-refractivity contribution is 9.11. The number of thiophene rings is 1. The molecule has 136 valence electrons. The number of fused-ring (bicyclic) bond motifs is 3. The maximum atomic E-state index is 12.9. The third kappa shape index (κ3) is 3.25. The summed E-state index contributed by atoms with van der Waals surface area (Å²) in [6.07, 6.45) is 6.91. The van der Waals surface area contributed by atoms with Crippen LogP contribution in [0.4, 0.5) is 0 Å². The lowest BCUT2D eigenvalue weighted by molar-refractivity contribution is 0.409. The molecule has 0 unspecified atom stereocenters. The number of hydrogen-bond acceptors (Lipinski definition) is 4. The summed E-state index contributed by atoms with van der Waals surface area (Å²) in [6.45, 7) is 0. The SMILES string of the molecule is COc1c(Br)cc(-c2nc3sc4c(c3c(=O)[nH]2)CCCCCC4)cc1Br. The fourth-order valence-corrected chi connectivity index (χ4v) is 6.32. The summed E-state index contributed by atoms with van der Waals surface area (Å²) in [7, 11) is 1.62. The van der Waals surface area contributed by atoms with E-state index >= 15 is 0 Å². The Bertz CT molecular complexity index is 1020. The number of nitrogens with one attached hydrogen (secondary N) is 1. The van der Waals surface area contributed by atoms with Crippen LogP contribution >= 0.6 is 43.2 Å². The van der Waals surface area contributed by atoms with Crippen LogP contribution in [-0.2, 0) is 12.8 Å². The first-order valence-corrected chi connectivity index (χ1v) is 11.1. The van der Waals surface area contributed by atoms with E-state index < -0.39 is 0 Å². The van der Waals surface area contributed by atoms with E-state index in [1.165, 1.54) is 29.7 Å².